The second kappa shape index (κ2) is 9.59. The van der Waals surface area contributed by atoms with Gasteiger partial charge < -0.3 is 9.47 Å². The summed E-state index contributed by atoms with van der Waals surface area (Å²) in [5, 5.41) is 16.6. The first-order valence-corrected chi connectivity index (χ1v) is 6.88. The van der Waals surface area contributed by atoms with E-state index in [-0.39, 0.29) is 0 Å². The molecule has 0 radical (unpaired) electrons. The molecule has 0 aromatic carbocycles. The molecule has 1 aliphatic rings. The van der Waals surface area contributed by atoms with E-state index in [2.05, 4.69) is 0 Å². The molecule has 100 valence electrons. The Kier molecular flexibility index (Phi) is 7.80. The van der Waals surface area contributed by atoms with E-state index in [1.807, 2.05) is 0 Å². The molecule has 0 N–H and O–H groups in total. The van der Waals surface area contributed by atoms with Gasteiger partial charge in [-0.15, -0.1) is 0 Å². The summed E-state index contributed by atoms with van der Waals surface area (Å²) in [6.45, 7) is 1.13. The molecule has 0 saturated heterocycles. The van der Waals surface area contributed by atoms with Crippen LogP contribution >= 0.6 is 0 Å². The maximum atomic E-state index is 8.28. The van der Waals surface area contributed by atoms with Crippen molar-refractivity contribution in [3.63, 3.8) is 0 Å². The zero-order valence-electron chi connectivity index (χ0n) is 10.9. The second-order valence-electron chi connectivity index (χ2n) is 5.06. The smallest absolute Gasteiger partial charge is 0.286 e. The minimum atomic E-state index is 0.563. The third-order valence-electron chi connectivity index (χ3n) is 3.74. The summed E-state index contributed by atoms with van der Waals surface area (Å²) in [4.78, 5) is 0. The van der Waals surface area contributed by atoms with Gasteiger partial charge in [0.1, 0.15) is 13.2 Å². The van der Waals surface area contributed by atoms with Crippen LogP contribution in [0.3, 0.4) is 0 Å². The van der Waals surface area contributed by atoms with Gasteiger partial charge in [-0.2, -0.15) is 10.5 Å². The molecule has 1 fully saturated rings. The van der Waals surface area contributed by atoms with Gasteiger partial charge in [0.05, 0.1) is 0 Å². The quantitative estimate of drug-likeness (QED) is 0.489. The Hall–Kier alpha value is -1.42. The molecule has 0 bridgehead atoms. The molecule has 0 aliphatic heterocycles. The van der Waals surface area contributed by atoms with Gasteiger partial charge in [-0.1, -0.05) is 19.3 Å². The fourth-order valence-corrected chi connectivity index (χ4v) is 2.91. The van der Waals surface area contributed by atoms with Gasteiger partial charge >= 0.3 is 0 Å². The van der Waals surface area contributed by atoms with E-state index in [1.165, 1.54) is 38.5 Å². The highest BCUT2D eigenvalue weighted by Crippen LogP contribution is 2.34. The maximum absolute atomic E-state index is 8.28. The van der Waals surface area contributed by atoms with Crippen molar-refractivity contribution >= 4 is 0 Å². The molecular weight excluding hydrogens is 228 g/mol. The van der Waals surface area contributed by atoms with Crippen molar-refractivity contribution in [2.45, 2.75) is 51.4 Å². The van der Waals surface area contributed by atoms with Crippen LogP contribution in [0.1, 0.15) is 51.4 Å². The molecule has 1 saturated carbocycles. The molecular formula is C14H22N2O2. The molecule has 1 rings (SSSR count). The van der Waals surface area contributed by atoms with Crippen molar-refractivity contribution in [1.82, 2.24) is 0 Å². The van der Waals surface area contributed by atoms with Gasteiger partial charge in [-0.25, -0.2) is 0 Å². The van der Waals surface area contributed by atoms with Crippen LogP contribution in [0.15, 0.2) is 0 Å². The predicted molar refractivity (Wildman–Crippen MR) is 67.0 cm³/mol. The number of hydrogen-bond donors (Lipinski definition) is 0. The predicted octanol–water partition coefficient (Wildman–Crippen LogP) is 3.35. The Morgan fingerprint density at radius 1 is 0.889 bits per heavy atom. The highest BCUT2D eigenvalue weighted by molar-refractivity contribution is 4.73. The largest absolute Gasteiger partial charge is 0.428 e. The van der Waals surface area contributed by atoms with Gasteiger partial charge in [0.25, 0.3) is 12.5 Å². The van der Waals surface area contributed by atoms with E-state index in [4.69, 9.17) is 20.0 Å². The summed E-state index contributed by atoms with van der Waals surface area (Å²) in [7, 11) is 0. The van der Waals surface area contributed by atoms with Crippen LogP contribution < -0.4 is 0 Å². The van der Waals surface area contributed by atoms with Crippen LogP contribution in [0.5, 0.6) is 0 Å². The summed E-state index contributed by atoms with van der Waals surface area (Å²) in [5.41, 5.74) is 0. The molecule has 0 heterocycles. The number of ether oxygens (including phenoxy) is 2. The van der Waals surface area contributed by atoms with Crippen LogP contribution in [0.4, 0.5) is 0 Å². The summed E-state index contributed by atoms with van der Waals surface area (Å²) in [6, 6.07) is 0. The van der Waals surface area contributed by atoms with Crippen LogP contribution in [0.25, 0.3) is 0 Å². The molecule has 2 unspecified atom stereocenters. The molecule has 0 aromatic heterocycles. The van der Waals surface area contributed by atoms with Gasteiger partial charge in [0.15, 0.2) is 0 Å². The first kappa shape index (κ1) is 14.6. The lowest BCUT2D eigenvalue weighted by atomic mass is 9.77. The monoisotopic (exact) mass is 250 g/mol. The summed E-state index contributed by atoms with van der Waals surface area (Å²) >= 11 is 0. The first-order valence-electron chi connectivity index (χ1n) is 6.88. The Balaban J connectivity index is 2.08. The summed E-state index contributed by atoms with van der Waals surface area (Å²) < 4.78 is 9.40. The molecule has 2 atom stereocenters. The summed E-state index contributed by atoms with van der Waals surface area (Å²) in [6.07, 6.45) is 13.0. The van der Waals surface area contributed by atoms with Crippen molar-refractivity contribution in [3.05, 3.63) is 0 Å². The van der Waals surface area contributed by atoms with Crippen LogP contribution in [-0.4, -0.2) is 13.2 Å². The van der Waals surface area contributed by atoms with Gasteiger partial charge in [0, 0.05) is 0 Å². The minimum Gasteiger partial charge on any atom is -0.428 e. The van der Waals surface area contributed by atoms with E-state index in [1.54, 1.807) is 12.5 Å². The van der Waals surface area contributed by atoms with E-state index in [0.29, 0.717) is 13.2 Å². The standard InChI is InChI=1S/C14H22N2O2/c15-11-17-8-2-6-13-4-1-5-14(10-13)7-3-9-18-12-16/h13-14H,1-10H2. The van der Waals surface area contributed by atoms with E-state index >= 15 is 0 Å². The fourth-order valence-electron chi connectivity index (χ4n) is 2.91. The Labute approximate surface area is 109 Å². The third kappa shape index (κ3) is 6.35. The van der Waals surface area contributed by atoms with Crippen LogP contribution in [0.2, 0.25) is 0 Å². The van der Waals surface area contributed by atoms with E-state index in [9.17, 15) is 0 Å². The van der Waals surface area contributed by atoms with Gasteiger partial charge in [0.2, 0.25) is 0 Å². The minimum absolute atomic E-state index is 0.563. The fraction of sp³-hybridized carbons (Fsp3) is 0.857. The van der Waals surface area contributed by atoms with Crippen molar-refractivity contribution in [1.29, 1.82) is 10.5 Å². The number of nitrogens with zero attached hydrogens (tertiary/aromatic N) is 2. The van der Waals surface area contributed by atoms with Crippen molar-refractivity contribution in [2.24, 2.45) is 11.8 Å². The molecule has 4 nitrogen and oxygen atoms in total. The molecule has 0 aromatic rings. The highest BCUT2D eigenvalue weighted by atomic mass is 16.5. The maximum Gasteiger partial charge on any atom is 0.286 e. The lowest BCUT2D eigenvalue weighted by Crippen LogP contribution is -2.16. The molecule has 1 aliphatic carbocycles. The number of hydrogen-bond acceptors (Lipinski definition) is 4. The average molecular weight is 250 g/mol. The van der Waals surface area contributed by atoms with Crippen molar-refractivity contribution in [3.8, 4) is 12.5 Å². The van der Waals surface area contributed by atoms with E-state index < -0.39 is 0 Å². The highest BCUT2D eigenvalue weighted by Gasteiger charge is 2.21. The van der Waals surface area contributed by atoms with Crippen molar-refractivity contribution < 1.29 is 9.47 Å². The Morgan fingerprint density at radius 2 is 1.39 bits per heavy atom. The second-order valence-corrected chi connectivity index (χ2v) is 5.06. The topological polar surface area (TPSA) is 66.0 Å². The lowest BCUT2D eigenvalue weighted by Gasteiger charge is -2.29. The number of rotatable bonds is 8. The molecule has 4 heteroatoms. The average Bonchev–Trinajstić information content (AvgIpc) is 2.40. The molecule has 0 spiro atoms. The van der Waals surface area contributed by atoms with Gasteiger partial charge in [-0.3, -0.25) is 0 Å². The Morgan fingerprint density at radius 3 is 1.83 bits per heavy atom. The molecule has 0 amide bonds. The lowest BCUT2D eigenvalue weighted by molar-refractivity contribution is 0.195. The first-order chi connectivity index (χ1) is 8.86. The third-order valence-corrected chi connectivity index (χ3v) is 3.74. The summed E-state index contributed by atoms with van der Waals surface area (Å²) in [5.74, 6) is 1.59. The normalized spacial score (nSPS) is 22.8. The Bertz CT molecular complexity index is 265. The van der Waals surface area contributed by atoms with Crippen LogP contribution in [-0.2, 0) is 9.47 Å². The SMILES string of the molecule is N#COCCCC1CCCC(CCCOC#N)C1. The number of nitriles is 2. The zero-order chi connectivity index (χ0) is 13.1. The zero-order valence-corrected chi connectivity index (χ0v) is 10.9. The molecule has 18 heavy (non-hydrogen) atoms. The van der Waals surface area contributed by atoms with Crippen molar-refractivity contribution in [2.75, 3.05) is 13.2 Å². The van der Waals surface area contributed by atoms with Crippen LogP contribution in [0, 0.1) is 34.9 Å². The van der Waals surface area contributed by atoms with E-state index in [0.717, 1.165) is 24.7 Å². The van der Waals surface area contributed by atoms with Gasteiger partial charge in [-0.05, 0) is 43.9 Å².